The molecule has 0 aliphatic rings. The van der Waals surface area contributed by atoms with Crippen LogP contribution in [0.25, 0.3) is 0 Å². The average molecular weight is 271 g/mol. The van der Waals surface area contributed by atoms with Crippen molar-refractivity contribution < 1.29 is 4.79 Å². The number of carbonyl (C=O) groups is 1. The third-order valence-electron chi connectivity index (χ3n) is 2.61. The van der Waals surface area contributed by atoms with Crippen molar-refractivity contribution in [3.05, 3.63) is 51.5 Å². The van der Waals surface area contributed by atoms with Gasteiger partial charge in [-0.05, 0) is 32.0 Å². The van der Waals surface area contributed by atoms with Gasteiger partial charge in [0.25, 0.3) is 5.91 Å². The minimum absolute atomic E-state index is 0.142. The zero-order valence-electron chi connectivity index (χ0n) is 10.7. The summed E-state index contributed by atoms with van der Waals surface area (Å²) >= 11 is 1.52. The van der Waals surface area contributed by atoms with Gasteiger partial charge in [0.05, 0.1) is 17.7 Å². The van der Waals surface area contributed by atoms with E-state index in [4.69, 9.17) is 5.26 Å². The zero-order valence-corrected chi connectivity index (χ0v) is 11.5. The Morgan fingerprint density at radius 3 is 2.95 bits per heavy atom. The highest BCUT2D eigenvalue weighted by molar-refractivity contribution is 7.09. The standard InChI is InChI=1S/C14H13N3OS/c1-9-8-19-14(16-9)10(2)17-13(18)12-5-3-4-11(6-12)7-15/h3-6,8,10H,1-2H3,(H,17,18). The van der Waals surface area contributed by atoms with Crippen molar-refractivity contribution in [2.75, 3.05) is 0 Å². The highest BCUT2D eigenvalue weighted by atomic mass is 32.1. The van der Waals surface area contributed by atoms with Crippen molar-refractivity contribution >= 4 is 17.2 Å². The summed E-state index contributed by atoms with van der Waals surface area (Å²) < 4.78 is 0. The Kier molecular flexibility index (Phi) is 3.93. The number of aryl methyl sites for hydroxylation is 1. The van der Waals surface area contributed by atoms with Gasteiger partial charge in [-0.3, -0.25) is 4.79 Å². The predicted octanol–water partition coefficient (Wildman–Crippen LogP) is 2.81. The molecule has 19 heavy (non-hydrogen) atoms. The summed E-state index contributed by atoms with van der Waals surface area (Å²) in [6.45, 7) is 3.81. The molecule has 0 aliphatic carbocycles. The van der Waals surface area contributed by atoms with E-state index in [-0.39, 0.29) is 11.9 Å². The fraction of sp³-hybridized carbons (Fsp3) is 0.214. The van der Waals surface area contributed by atoms with E-state index in [1.54, 1.807) is 24.3 Å². The van der Waals surface area contributed by atoms with Crippen LogP contribution in [0.5, 0.6) is 0 Å². The van der Waals surface area contributed by atoms with Crippen LogP contribution in [0.3, 0.4) is 0 Å². The fourth-order valence-corrected chi connectivity index (χ4v) is 2.45. The molecule has 1 aromatic heterocycles. The Hall–Kier alpha value is -2.19. The van der Waals surface area contributed by atoms with Gasteiger partial charge in [0.1, 0.15) is 5.01 Å². The number of benzene rings is 1. The molecule has 1 heterocycles. The number of amides is 1. The monoisotopic (exact) mass is 271 g/mol. The second-order valence-electron chi connectivity index (χ2n) is 4.21. The summed E-state index contributed by atoms with van der Waals surface area (Å²) in [6, 6.07) is 8.52. The number of carbonyl (C=O) groups excluding carboxylic acids is 1. The van der Waals surface area contributed by atoms with Crippen LogP contribution in [-0.4, -0.2) is 10.9 Å². The zero-order chi connectivity index (χ0) is 13.8. The summed E-state index contributed by atoms with van der Waals surface area (Å²) in [7, 11) is 0. The van der Waals surface area contributed by atoms with Crippen LogP contribution in [0.1, 0.15) is 39.6 Å². The summed E-state index contributed by atoms with van der Waals surface area (Å²) in [4.78, 5) is 16.4. The lowest BCUT2D eigenvalue weighted by Crippen LogP contribution is -2.26. The molecule has 0 saturated carbocycles. The lowest BCUT2D eigenvalue weighted by Gasteiger charge is -2.11. The maximum atomic E-state index is 12.1. The van der Waals surface area contributed by atoms with E-state index in [0.717, 1.165) is 10.7 Å². The molecule has 1 N–H and O–H groups in total. The highest BCUT2D eigenvalue weighted by Crippen LogP contribution is 2.18. The third kappa shape index (κ3) is 3.18. The molecule has 0 aliphatic heterocycles. The van der Waals surface area contributed by atoms with Crippen LogP contribution in [0.15, 0.2) is 29.6 Å². The highest BCUT2D eigenvalue weighted by Gasteiger charge is 2.14. The lowest BCUT2D eigenvalue weighted by molar-refractivity contribution is 0.0940. The number of nitrogens with one attached hydrogen (secondary N) is 1. The van der Waals surface area contributed by atoms with Gasteiger partial charge in [-0.15, -0.1) is 11.3 Å². The van der Waals surface area contributed by atoms with Crippen LogP contribution < -0.4 is 5.32 Å². The van der Waals surface area contributed by atoms with Crippen LogP contribution in [0.2, 0.25) is 0 Å². The molecule has 5 heteroatoms. The number of rotatable bonds is 3. The number of aromatic nitrogens is 1. The molecule has 0 bridgehead atoms. The van der Waals surface area contributed by atoms with Crippen molar-refractivity contribution in [2.45, 2.75) is 19.9 Å². The first-order valence-corrected chi connectivity index (χ1v) is 6.71. The maximum Gasteiger partial charge on any atom is 0.251 e. The molecule has 1 amide bonds. The summed E-state index contributed by atoms with van der Waals surface area (Å²) in [6.07, 6.45) is 0. The maximum absolute atomic E-state index is 12.1. The number of nitriles is 1. The van der Waals surface area contributed by atoms with E-state index in [2.05, 4.69) is 10.3 Å². The Labute approximate surface area is 115 Å². The van der Waals surface area contributed by atoms with Gasteiger partial charge < -0.3 is 5.32 Å². The van der Waals surface area contributed by atoms with E-state index >= 15 is 0 Å². The van der Waals surface area contributed by atoms with Crippen LogP contribution in [0.4, 0.5) is 0 Å². The molecule has 1 atom stereocenters. The Morgan fingerprint density at radius 2 is 2.32 bits per heavy atom. The number of nitrogens with zero attached hydrogens (tertiary/aromatic N) is 2. The molecule has 1 aromatic carbocycles. The van der Waals surface area contributed by atoms with Crippen molar-refractivity contribution in [1.29, 1.82) is 5.26 Å². The number of thiazole rings is 1. The molecule has 4 nitrogen and oxygen atoms in total. The van der Waals surface area contributed by atoms with Crippen molar-refractivity contribution in [2.24, 2.45) is 0 Å². The van der Waals surface area contributed by atoms with E-state index < -0.39 is 0 Å². The van der Waals surface area contributed by atoms with Crippen molar-refractivity contribution in [3.8, 4) is 6.07 Å². The summed E-state index contributed by atoms with van der Waals surface area (Å²) in [5, 5.41) is 14.5. The summed E-state index contributed by atoms with van der Waals surface area (Å²) in [5.41, 5.74) is 1.91. The molecule has 0 spiro atoms. The molecule has 1 unspecified atom stereocenters. The van der Waals surface area contributed by atoms with Gasteiger partial charge in [0.15, 0.2) is 0 Å². The molecular formula is C14H13N3OS. The second kappa shape index (κ2) is 5.63. The second-order valence-corrected chi connectivity index (χ2v) is 5.10. The van der Waals surface area contributed by atoms with Gasteiger partial charge in [0.2, 0.25) is 0 Å². The van der Waals surface area contributed by atoms with Crippen molar-refractivity contribution in [1.82, 2.24) is 10.3 Å². The molecular weight excluding hydrogens is 258 g/mol. The molecule has 0 radical (unpaired) electrons. The number of hydrogen-bond donors (Lipinski definition) is 1. The molecule has 2 rings (SSSR count). The first kappa shape index (κ1) is 13.2. The van der Waals surface area contributed by atoms with Gasteiger partial charge in [-0.25, -0.2) is 4.98 Å². The third-order valence-corrected chi connectivity index (χ3v) is 3.75. The lowest BCUT2D eigenvalue weighted by atomic mass is 10.1. The first-order valence-electron chi connectivity index (χ1n) is 5.83. The Balaban J connectivity index is 2.10. The van der Waals surface area contributed by atoms with E-state index in [1.165, 1.54) is 11.3 Å². The average Bonchev–Trinajstić information content (AvgIpc) is 2.85. The van der Waals surface area contributed by atoms with Gasteiger partial charge in [-0.1, -0.05) is 6.07 Å². The van der Waals surface area contributed by atoms with Crippen LogP contribution >= 0.6 is 11.3 Å². The van der Waals surface area contributed by atoms with Gasteiger partial charge in [-0.2, -0.15) is 5.26 Å². The topological polar surface area (TPSA) is 65.8 Å². The predicted molar refractivity (Wildman–Crippen MR) is 73.9 cm³/mol. The molecule has 0 fully saturated rings. The van der Waals surface area contributed by atoms with Crippen LogP contribution in [0, 0.1) is 18.3 Å². The van der Waals surface area contributed by atoms with E-state index in [9.17, 15) is 4.79 Å². The summed E-state index contributed by atoms with van der Waals surface area (Å²) in [5.74, 6) is -0.197. The Morgan fingerprint density at radius 1 is 1.53 bits per heavy atom. The smallest absolute Gasteiger partial charge is 0.251 e. The van der Waals surface area contributed by atoms with Crippen LogP contribution in [-0.2, 0) is 0 Å². The first-order chi connectivity index (χ1) is 9.10. The van der Waals surface area contributed by atoms with E-state index in [0.29, 0.717) is 11.1 Å². The molecule has 0 saturated heterocycles. The normalized spacial score (nSPS) is 11.6. The Bertz CT molecular complexity index is 642. The van der Waals surface area contributed by atoms with Gasteiger partial charge >= 0.3 is 0 Å². The molecule has 2 aromatic rings. The quantitative estimate of drug-likeness (QED) is 0.933. The fourth-order valence-electron chi connectivity index (χ4n) is 1.64. The molecule has 96 valence electrons. The van der Waals surface area contributed by atoms with Crippen molar-refractivity contribution in [3.63, 3.8) is 0 Å². The largest absolute Gasteiger partial charge is 0.343 e. The minimum atomic E-state index is -0.197. The number of hydrogen-bond acceptors (Lipinski definition) is 4. The van der Waals surface area contributed by atoms with E-state index in [1.807, 2.05) is 25.3 Å². The SMILES string of the molecule is Cc1csc(C(C)NC(=O)c2cccc(C#N)c2)n1. The minimum Gasteiger partial charge on any atom is -0.343 e. The van der Waals surface area contributed by atoms with Gasteiger partial charge in [0, 0.05) is 16.6 Å².